The second-order valence-electron chi connectivity index (χ2n) is 7.57. The van der Waals surface area contributed by atoms with Crippen LogP contribution in [0.2, 0.25) is 0 Å². The molecule has 7 heteroatoms. The van der Waals surface area contributed by atoms with Gasteiger partial charge >= 0.3 is 0 Å². The third kappa shape index (κ3) is 3.16. The number of ether oxygens (including phenoxy) is 1. The van der Waals surface area contributed by atoms with Gasteiger partial charge in [-0.1, -0.05) is 30.3 Å². The highest BCUT2D eigenvalue weighted by molar-refractivity contribution is 7.89. The Morgan fingerprint density at radius 1 is 0.967 bits per heavy atom. The van der Waals surface area contributed by atoms with E-state index in [1.54, 1.807) is 12.1 Å². The van der Waals surface area contributed by atoms with Crippen molar-refractivity contribution < 1.29 is 17.9 Å². The van der Waals surface area contributed by atoms with Gasteiger partial charge in [-0.05, 0) is 60.4 Å². The summed E-state index contributed by atoms with van der Waals surface area (Å²) in [7, 11) is -3.75. The zero-order valence-electron chi connectivity index (χ0n) is 16.4. The number of rotatable bonds is 2. The number of hydrogen-bond donors (Lipinski definition) is 1. The van der Waals surface area contributed by atoms with E-state index in [0.29, 0.717) is 36.7 Å². The van der Waals surface area contributed by atoms with Crippen LogP contribution in [0.4, 0.5) is 5.69 Å². The number of carbonyl (C=O) groups is 1. The Morgan fingerprint density at radius 2 is 1.77 bits per heavy atom. The minimum Gasteiger partial charge on any atom is -0.454 e. The maximum atomic E-state index is 13.3. The first-order valence-electron chi connectivity index (χ1n) is 9.73. The van der Waals surface area contributed by atoms with Crippen LogP contribution >= 0.6 is 0 Å². The normalized spacial score (nSPS) is 15.8. The molecule has 0 aliphatic carbocycles. The molecule has 0 aromatic heterocycles. The monoisotopic (exact) mass is 420 g/mol. The van der Waals surface area contributed by atoms with Gasteiger partial charge in [-0.15, -0.1) is 0 Å². The van der Waals surface area contributed by atoms with Crippen molar-refractivity contribution in [1.29, 1.82) is 0 Å². The number of aryl methyl sites for hydroxylation is 1. The molecule has 0 fully saturated rings. The number of anilines is 1. The third-order valence-electron chi connectivity index (χ3n) is 5.53. The fourth-order valence-electron chi connectivity index (χ4n) is 3.89. The van der Waals surface area contributed by atoms with Crippen molar-refractivity contribution in [3.63, 3.8) is 0 Å². The van der Waals surface area contributed by atoms with Crippen LogP contribution in [0, 0.1) is 6.92 Å². The molecule has 2 heterocycles. The lowest BCUT2D eigenvalue weighted by atomic mass is 10.0. The summed E-state index contributed by atoms with van der Waals surface area (Å²) < 4.78 is 34.0. The molecule has 6 nitrogen and oxygen atoms in total. The van der Waals surface area contributed by atoms with Gasteiger partial charge in [0, 0.05) is 13.1 Å². The molecule has 0 atom stereocenters. The molecule has 0 unspecified atom stereocenters. The first kappa shape index (κ1) is 18.8. The van der Waals surface area contributed by atoms with Gasteiger partial charge in [0.15, 0.2) is 5.75 Å². The minimum absolute atomic E-state index is 0.0847. The van der Waals surface area contributed by atoms with Crippen LogP contribution in [0.15, 0.2) is 65.6 Å². The van der Waals surface area contributed by atoms with E-state index in [0.717, 1.165) is 11.1 Å². The molecule has 3 aromatic rings. The lowest BCUT2D eigenvalue weighted by Crippen LogP contribution is -2.36. The Bertz CT molecular complexity index is 1280. The van der Waals surface area contributed by atoms with E-state index in [2.05, 4.69) is 5.32 Å². The Kier molecular flexibility index (Phi) is 4.38. The van der Waals surface area contributed by atoms with Crippen molar-refractivity contribution in [1.82, 2.24) is 4.31 Å². The predicted octanol–water partition coefficient (Wildman–Crippen LogP) is 4.10. The average molecular weight is 420 g/mol. The van der Waals surface area contributed by atoms with Gasteiger partial charge in [-0.25, -0.2) is 8.42 Å². The first-order chi connectivity index (χ1) is 14.4. The number of fused-ring (bicyclic) bond motifs is 3. The van der Waals surface area contributed by atoms with E-state index in [-0.39, 0.29) is 10.5 Å². The highest BCUT2D eigenvalue weighted by Crippen LogP contribution is 2.37. The van der Waals surface area contributed by atoms with Crippen molar-refractivity contribution in [2.45, 2.75) is 24.8 Å². The van der Waals surface area contributed by atoms with Crippen molar-refractivity contribution >= 4 is 21.6 Å². The summed E-state index contributed by atoms with van der Waals surface area (Å²) in [5.74, 6) is 0.471. The van der Waals surface area contributed by atoms with Crippen LogP contribution in [0.3, 0.4) is 0 Å². The lowest BCUT2D eigenvalue weighted by molar-refractivity contribution is 0.102. The van der Waals surface area contributed by atoms with Crippen LogP contribution in [0.25, 0.3) is 0 Å². The number of nitrogens with zero attached hydrogens (tertiary/aromatic N) is 1. The lowest BCUT2D eigenvalue weighted by Gasteiger charge is -2.28. The van der Waals surface area contributed by atoms with E-state index in [1.807, 2.05) is 43.3 Å². The van der Waals surface area contributed by atoms with E-state index >= 15 is 0 Å². The summed E-state index contributed by atoms with van der Waals surface area (Å²) in [5.41, 5.74) is 3.93. The quantitative estimate of drug-likeness (QED) is 0.677. The van der Waals surface area contributed by atoms with Gasteiger partial charge in [-0.3, -0.25) is 4.79 Å². The molecule has 2 aliphatic rings. The molecule has 0 radical (unpaired) electrons. The van der Waals surface area contributed by atoms with Gasteiger partial charge in [0.2, 0.25) is 10.0 Å². The topological polar surface area (TPSA) is 75.7 Å². The van der Waals surface area contributed by atoms with Crippen molar-refractivity contribution in [3.8, 4) is 11.5 Å². The van der Waals surface area contributed by atoms with Gasteiger partial charge < -0.3 is 10.1 Å². The van der Waals surface area contributed by atoms with Gasteiger partial charge in [0.1, 0.15) is 5.75 Å². The van der Waals surface area contributed by atoms with Crippen LogP contribution < -0.4 is 10.1 Å². The summed E-state index contributed by atoms with van der Waals surface area (Å²) >= 11 is 0. The average Bonchev–Trinajstić information content (AvgIpc) is 2.88. The van der Waals surface area contributed by atoms with Crippen LogP contribution in [-0.2, 0) is 23.0 Å². The van der Waals surface area contributed by atoms with Gasteiger partial charge in [-0.2, -0.15) is 4.31 Å². The SMILES string of the molecule is Cc1ccc2c(c1)Oc1ccc(S(=O)(=O)N3CCc4ccccc4C3)cc1C(=O)N2. The van der Waals surface area contributed by atoms with Gasteiger partial charge in [0.25, 0.3) is 5.91 Å². The second kappa shape index (κ2) is 6.97. The molecule has 0 saturated carbocycles. The molecular formula is C23H20N2O4S. The summed E-state index contributed by atoms with van der Waals surface area (Å²) in [4.78, 5) is 12.9. The minimum atomic E-state index is -3.75. The molecule has 1 N–H and O–H groups in total. The second-order valence-corrected chi connectivity index (χ2v) is 9.51. The van der Waals surface area contributed by atoms with Gasteiger partial charge in [0.05, 0.1) is 16.1 Å². The molecule has 5 rings (SSSR count). The molecule has 152 valence electrons. The van der Waals surface area contributed by atoms with Crippen LogP contribution in [0.1, 0.15) is 27.0 Å². The fraction of sp³-hybridized carbons (Fsp3) is 0.174. The molecule has 0 bridgehead atoms. The summed E-state index contributed by atoms with van der Waals surface area (Å²) in [6.07, 6.45) is 0.665. The molecule has 30 heavy (non-hydrogen) atoms. The van der Waals surface area contributed by atoms with E-state index in [1.165, 1.54) is 22.0 Å². The highest BCUT2D eigenvalue weighted by Gasteiger charge is 2.30. The first-order valence-corrected chi connectivity index (χ1v) is 11.2. The molecule has 1 amide bonds. The van der Waals surface area contributed by atoms with Crippen LogP contribution in [0.5, 0.6) is 11.5 Å². The smallest absolute Gasteiger partial charge is 0.259 e. The van der Waals surface area contributed by atoms with Crippen molar-refractivity contribution in [2.75, 3.05) is 11.9 Å². The van der Waals surface area contributed by atoms with E-state index in [4.69, 9.17) is 4.74 Å². The zero-order valence-corrected chi connectivity index (χ0v) is 17.2. The Labute approximate surface area is 175 Å². The molecule has 0 spiro atoms. The Morgan fingerprint density at radius 3 is 2.60 bits per heavy atom. The van der Waals surface area contributed by atoms with E-state index < -0.39 is 15.9 Å². The standard InChI is InChI=1S/C23H20N2O4S/c1-15-6-8-20-22(12-15)29-21-9-7-18(13-19(21)23(26)24-20)30(27,28)25-11-10-16-4-2-3-5-17(16)14-25/h2-9,12-13H,10-11,14H2,1H3,(H,24,26). The molecule has 0 saturated heterocycles. The Hall–Kier alpha value is -3.16. The van der Waals surface area contributed by atoms with Crippen molar-refractivity contribution in [2.24, 2.45) is 0 Å². The molecule has 3 aromatic carbocycles. The Balaban J connectivity index is 1.50. The summed E-state index contributed by atoms with van der Waals surface area (Å²) in [6, 6.07) is 17.8. The van der Waals surface area contributed by atoms with E-state index in [9.17, 15) is 13.2 Å². The van der Waals surface area contributed by atoms with Crippen molar-refractivity contribution in [3.05, 3.63) is 82.9 Å². The number of hydrogen-bond acceptors (Lipinski definition) is 4. The fourth-order valence-corrected chi connectivity index (χ4v) is 5.33. The number of benzene rings is 3. The summed E-state index contributed by atoms with van der Waals surface area (Å²) in [6.45, 7) is 2.66. The highest BCUT2D eigenvalue weighted by atomic mass is 32.2. The maximum Gasteiger partial charge on any atom is 0.259 e. The summed E-state index contributed by atoms with van der Waals surface area (Å²) in [5, 5.41) is 2.80. The van der Waals surface area contributed by atoms with Crippen LogP contribution in [-0.4, -0.2) is 25.2 Å². The number of nitrogens with one attached hydrogen (secondary N) is 1. The number of carbonyl (C=O) groups excluding carboxylic acids is 1. The maximum absolute atomic E-state index is 13.3. The largest absolute Gasteiger partial charge is 0.454 e. The predicted molar refractivity (Wildman–Crippen MR) is 113 cm³/mol. The number of sulfonamides is 1. The zero-order chi connectivity index (χ0) is 20.9. The third-order valence-corrected chi connectivity index (χ3v) is 7.38. The molecular weight excluding hydrogens is 400 g/mol. The number of amides is 1. The molecule has 2 aliphatic heterocycles.